The van der Waals surface area contributed by atoms with Crippen LogP contribution in [-0.2, 0) is 14.4 Å². The zero-order valence-electron chi connectivity index (χ0n) is 17.4. The topological polar surface area (TPSA) is 91.7 Å². The third kappa shape index (κ3) is 2.18. The molecule has 0 spiro atoms. The van der Waals surface area contributed by atoms with E-state index in [4.69, 9.17) is 0 Å². The highest BCUT2D eigenvalue weighted by Gasteiger charge is 2.69. The minimum Gasteiger partial charge on any atom is -0.388 e. The SMILES string of the molecule is CC1(C)C(=O)CC[C@@]2(C)C1=CC[C@@H]1[C@@H]2C(=O)C[C@@]2(C)[C@H]1CC[C@]2(O)C(=O)CO. The van der Waals surface area contributed by atoms with Crippen molar-refractivity contribution in [3.63, 3.8) is 0 Å². The minimum atomic E-state index is -1.63. The van der Waals surface area contributed by atoms with E-state index in [9.17, 15) is 24.6 Å². The molecule has 2 N–H and O–H groups in total. The van der Waals surface area contributed by atoms with Gasteiger partial charge < -0.3 is 10.2 Å². The molecule has 0 aromatic heterocycles. The molecule has 0 amide bonds. The van der Waals surface area contributed by atoms with Crippen molar-refractivity contribution < 1.29 is 24.6 Å². The molecule has 0 aromatic carbocycles. The summed E-state index contributed by atoms with van der Waals surface area (Å²) in [6.07, 6.45) is 5.24. The number of hydrogen-bond donors (Lipinski definition) is 2. The smallest absolute Gasteiger partial charge is 0.190 e. The number of carbonyl (C=O) groups excluding carboxylic acids is 3. The van der Waals surface area contributed by atoms with Crippen LogP contribution in [0.3, 0.4) is 0 Å². The maximum Gasteiger partial charge on any atom is 0.190 e. The lowest BCUT2D eigenvalue weighted by atomic mass is 9.44. The Morgan fingerprint density at radius 1 is 1.18 bits per heavy atom. The van der Waals surface area contributed by atoms with Crippen LogP contribution >= 0.6 is 0 Å². The molecule has 0 aromatic rings. The molecule has 0 radical (unpaired) electrons. The molecule has 3 saturated carbocycles. The van der Waals surface area contributed by atoms with E-state index in [-0.39, 0.29) is 41.2 Å². The normalized spacial score (nSPS) is 47.1. The second-order valence-electron chi connectivity index (χ2n) is 10.6. The summed E-state index contributed by atoms with van der Waals surface area (Å²) in [5, 5.41) is 20.6. The lowest BCUT2D eigenvalue weighted by molar-refractivity contribution is -0.170. The molecule has 0 saturated heterocycles. The number of aliphatic hydroxyl groups excluding tert-OH is 1. The molecular weight excluding hydrogens is 356 g/mol. The van der Waals surface area contributed by atoms with Gasteiger partial charge in [-0.05, 0) is 56.8 Å². The maximum absolute atomic E-state index is 13.5. The highest BCUT2D eigenvalue weighted by atomic mass is 16.3. The Balaban J connectivity index is 1.79. The van der Waals surface area contributed by atoms with Crippen molar-refractivity contribution >= 4 is 17.3 Å². The first kappa shape index (κ1) is 20.0. The Morgan fingerprint density at radius 3 is 2.50 bits per heavy atom. The number of hydrogen-bond acceptors (Lipinski definition) is 5. The van der Waals surface area contributed by atoms with E-state index in [2.05, 4.69) is 13.0 Å². The number of aliphatic hydroxyl groups is 2. The van der Waals surface area contributed by atoms with Gasteiger partial charge in [-0.3, -0.25) is 14.4 Å². The summed E-state index contributed by atoms with van der Waals surface area (Å²) < 4.78 is 0. The van der Waals surface area contributed by atoms with Crippen molar-refractivity contribution in [2.75, 3.05) is 6.61 Å². The first-order chi connectivity index (χ1) is 12.9. The molecule has 4 rings (SSSR count). The van der Waals surface area contributed by atoms with Crippen LogP contribution in [0.5, 0.6) is 0 Å². The summed E-state index contributed by atoms with van der Waals surface area (Å²) in [7, 11) is 0. The summed E-state index contributed by atoms with van der Waals surface area (Å²) >= 11 is 0. The molecule has 28 heavy (non-hydrogen) atoms. The van der Waals surface area contributed by atoms with Gasteiger partial charge in [-0.25, -0.2) is 0 Å². The number of Topliss-reactive ketones (excluding diaryl/α,β-unsaturated/α-hetero) is 3. The fourth-order valence-electron chi connectivity index (χ4n) is 7.65. The molecule has 0 bridgehead atoms. The summed E-state index contributed by atoms with van der Waals surface area (Å²) in [4.78, 5) is 38.5. The summed E-state index contributed by atoms with van der Waals surface area (Å²) in [6, 6.07) is 0. The van der Waals surface area contributed by atoms with E-state index in [0.717, 1.165) is 5.57 Å². The lowest BCUT2D eigenvalue weighted by Gasteiger charge is -2.59. The summed E-state index contributed by atoms with van der Waals surface area (Å²) in [5.74, 6) is -0.244. The van der Waals surface area contributed by atoms with Gasteiger partial charge in [0.2, 0.25) is 0 Å². The number of rotatable bonds is 2. The number of allylic oxidation sites excluding steroid dienone is 2. The number of fused-ring (bicyclic) bond motifs is 5. The third-order valence-electron chi connectivity index (χ3n) is 9.16. The monoisotopic (exact) mass is 388 g/mol. The molecule has 5 heteroatoms. The molecule has 4 aliphatic carbocycles. The van der Waals surface area contributed by atoms with Gasteiger partial charge >= 0.3 is 0 Å². The molecule has 0 aliphatic heterocycles. The Labute approximate surface area is 166 Å². The van der Waals surface area contributed by atoms with Crippen molar-refractivity contribution in [3.8, 4) is 0 Å². The van der Waals surface area contributed by atoms with E-state index >= 15 is 0 Å². The minimum absolute atomic E-state index is 0.0612. The standard InChI is InChI=1S/C23H32O5/c1-20(2)16-6-5-13-14-7-10-23(28,18(27)12-24)22(14,4)11-15(25)19(13)21(16,3)9-8-17(20)26/h6,13-14,19,24,28H,5,7-12H2,1-4H3/t13-,14-,19+,21-,22-,23-/m0/s1. The Bertz CT molecular complexity index is 795. The quantitative estimate of drug-likeness (QED) is 0.710. The Hall–Kier alpha value is -1.33. The van der Waals surface area contributed by atoms with E-state index in [1.807, 2.05) is 20.8 Å². The molecular formula is C23H32O5. The molecule has 5 nitrogen and oxygen atoms in total. The van der Waals surface area contributed by atoms with Crippen molar-refractivity contribution in [1.82, 2.24) is 0 Å². The van der Waals surface area contributed by atoms with Gasteiger partial charge in [-0.1, -0.05) is 25.5 Å². The number of carbonyl (C=O) groups is 3. The lowest BCUT2D eigenvalue weighted by Crippen LogP contribution is -2.61. The fourth-order valence-corrected chi connectivity index (χ4v) is 7.65. The average molecular weight is 389 g/mol. The van der Waals surface area contributed by atoms with Crippen molar-refractivity contribution in [2.24, 2.45) is 34.0 Å². The van der Waals surface area contributed by atoms with Crippen LogP contribution in [0.25, 0.3) is 0 Å². The average Bonchev–Trinajstić information content (AvgIpc) is 2.89. The molecule has 6 atom stereocenters. The predicted molar refractivity (Wildman–Crippen MR) is 103 cm³/mol. The van der Waals surface area contributed by atoms with Crippen LogP contribution in [0.4, 0.5) is 0 Å². The van der Waals surface area contributed by atoms with Gasteiger partial charge in [-0.2, -0.15) is 0 Å². The van der Waals surface area contributed by atoms with Crippen LogP contribution in [-0.4, -0.2) is 39.8 Å². The van der Waals surface area contributed by atoms with Gasteiger partial charge in [0.25, 0.3) is 0 Å². The zero-order valence-corrected chi connectivity index (χ0v) is 17.4. The van der Waals surface area contributed by atoms with Crippen molar-refractivity contribution in [1.29, 1.82) is 0 Å². The predicted octanol–water partition coefficient (Wildman–Crippen LogP) is 2.63. The third-order valence-corrected chi connectivity index (χ3v) is 9.16. The van der Waals surface area contributed by atoms with Crippen LogP contribution < -0.4 is 0 Å². The molecule has 0 heterocycles. The highest BCUT2D eigenvalue weighted by molar-refractivity contribution is 5.94. The van der Waals surface area contributed by atoms with Gasteiger partial charge in [0.1, 0.15) is 23.8 Å². The summed E-state index contributed by atoms with van der Waals surface area (Å²) in [5.41, 5.74) is -2.22. The number of ketones is 3. The molecule has 154 valence electrons. The van der Waals surface area contributed by atoms with E-state index in [1.54, 1.807) is 0 Å². The van der Waals surface area contributed by atoms with Crippen LogP contribution in [0.1, 0.15) is 66.2 Å². The zero-order chi connectivity index (χ0) is 20.7. The fraction of sp³-hybridized carbons (Fsp3) is 0.783. The summed E-state index contributed by atoms with van der Waals surface area (Å²) in [6.45, 7) is 7.26. The van der Waals surface area contributed by atoms with E-state index in [0.29, 0.717) is 32.1 Å². The van der Waals surface area contributed by atoms with Crippen molar-refractivity contribution in [2.45, 2.75) is 71.8 Å². The van der Waals surface area contributed by atoms with Crippen LogP contribution in [0, 0.1) is 34.0 Å². The first-order valence-corrected chi connectivity index (χ1v) is 10.6. The Kier molecular flexibility index (Phi) is 4.17. The molecule has 4 aliphatic rings. The highest BCUT2D eigenvalue weighted by Crippen LogP contribution is 2.67. The molecule has 3 fully saturated rings. The van der Waals surface area contributed by atoms with E-state index < -0.39 is 28.8 Å². The van der Waals surface area contributed by atoms with Gasteiger partial charge in [0, 0.05) is 29.6 Å². The second-order valence-corrected chi connectivity index (χ2v) is 10.6. The Morgan fingerprint density at radius 2 is 1.86 bits per heavy atom. The maximum atomic E-state index is 13.5. The van der Waals surface area contributed by atoms with Crippen LogP contribution in [0.15, 0.2) is 11.6 Å². The largest absolute Gasteiger partial charge is 0.388 e. The molecule has 0 unspecified atom stereocenters. The van der Waals surface area contributed by atoms with Gasteiger partial charge in [-0.15, -0.1) is 0 Å². The second kappa shape index (κ2) is 5.85. The van der Waals surface area contributed by atoms with Crippen molar-refractivity contribution in [3.05, 3.63) is 11.6 Å². The van der Waals surface area contributed by atoms with E-state index in [1.165, 1.54) is 0 Å². The first-order valence-electron chi connectivity index (χ1n) is 10.6. The van der Waals surface area contributed by atoms with Gasteiger partial charge in [0.15, 0.2) is 5.78 Å². The van der Waals surface area contributed by atoms with Crippen LogP contribution in [0.2, 0.25) is 0 Å². The van der Waals surface area contributed by atoms with Gasteiger partial charge in [0.05, 0.1) is 0 Å².